The van der Waals surface area contributed by atoms with E-state index in [9.17, 15) is 0 Å². The number of H-pyrrole nitrogens is 1. The topological polar surface area (TPSA) is 40.7 Å². The Morgan fingerprint density at radius 2 is 2.75 bits per heavy atom. The molecular formula is C8H13N3S. The highest BCUT2D eigenvalue weighted by Crippen LogP contribution is 2.17. The SMILES string of the molecule is c1ncc(CNC2CCSC2)[nH]1. The molecule has 0 aromatic carbocycles. The molecule has 1 atom stereocenters. The van der Waals surface area contributed by atoms with Crippen molar-refractivity contribution in [3.8, 4) is 0 Å². The van der Waals surface area contributed by atoms with Gasteiger partial charge in [-0.1, -0.05) is 0 Å². The van der Waals surface area contributed by atoms with Crippen LogP contribution in [-0.2, 0) is 6.54 Å². The fraction of sp³-hybridized carbons (Fsp3) is 0.625. The first-order valence-electron chi connectivity index (χ1n) is 4.23. The molecule has 0 saturated carbocycles. The number of thioether (sulfide) groups is 1. The number of rotatable bonds is 3. The molecule has 0 bridgehead atoms. The molecule has 2 N–H and O–H groups in total. The van der Waals surface area contributed by atoms with Crippen molar-refractivity contribution in [1.29, 1.82) is 0 Å². The maximum absolute atomic E-state index is 3.97. The van der Waals surface area contributed by atoms with E-state index in [1.54, 1.807) is 6.33 Å². The Labute approximate surface area is 76.4 Å². The van der Waals surface area contributed by atoms with Gasteiger partial charge in [-0.15, -0.1) is 0 Å². The van der Waals surface area contributed by atoms with Crippen LogP contribution in [0, 0.1) is 0 Å². The Morgan fingerprint density at radius 3 is 3.42 bits per heavy atom. The molecule has 66 valence electrons. The number of hydrogen-bond acceptors (Lipinski definition) is 3. The second-order valence-electron chi connectivity index (χ2n) is 3.02. The molecule has 1 aliphatic heterocycles. The van der Waals surface area contributed by atoms with Gasteiger partial charge in [-0.2, -0.15) is 11.8 Å². The third kappa shape index (κ3) is 2.01. The fourth-order valence-electron chi connectivity index (χ4n) is 1.33. The number of aromatic amines is 1. The average Bonchev–Trinajstić information content (AvgIpc) is 2.74. The number of aromatic nitrogens is 2. The lowest BCUT2D eigenvalue weighted by Gasteiger charge is -2.08. The molecule has 12 heavy (non-hydrogen) atoms. The smallest absolute Gasteiger partial charge is 0.0922 e. The van der Waals surface area contributed by atoms with Crippen molar-refractivity contribution in [2.75, 3.05) is 11.5 Å². The lowest BCUT2D eigenvalue weighted by molar-refractivity contribution is 0.553. The second-order valence-corrected chi connectivity index (χ2v) is 4.17. The van der Waals surface area contributed by atoms with E-state index in [4.69, 9.17) is 0 Å². The van der Waals surface area contributed by atoms with Crippen molar-refractivity contribution < 1.29 is 0 Å². The maximum Gasteiger partial charge on any atom is 0.0922 e. The standard InChI is InChI=1S/C8H13N3S/c1-2-12-5-7(1)10-4-8-3-9-6-11-8/h3,6-7,10H,1-2,4-5H2,(H,9,11). The minimum absolute atomic E-state index is 0.707. The van der Waals surface area contributed by atoms with Gasteiger partial charge in [-0.3, -0.25) is 0 Å². The Balaban J connectivity index is 1.74. The van der Waals surface area contributed by atoms with E-state index < -0.39 is 0 Å². The summed E-state index contributed by atoms with van der Waals surface area (Å²) in [5.41, 5.74) is 1.17. The first kappa shape index (κ1) is 8.13. The van der Waals surface area contributed by atoms with Crippen LogP contribution in [0.4, 0.5) is 0 Å². The summed E-state index contributed by atoms with van der Waals surface area (Å²) in [6.45, 7) is 0.922. The predicted molar refractivity (Wildman–Crippen MR) is 51.2 cm³/mol. The van der Waals surface area contributed by atoms with E-state index in [0.29, 0.717) is 6.04 Å². The Bertz CT molecular complexity index is 216. The second kappa shape index (κ2) is 3.96. The molecule has 1 aromatic heterocycles. The molecule has 2 heterocycles. The van der Waals surface area contributed by atoms with Crippen molar-refractivity contribution in [3.63, 3.8) is 0 Å². The van der Waals surface area contributed by atoms with Crippen molar-refractivity contribution >= 4 is 11.8 Å². The van der Waals surface area contributed by atoms with Crippen LogP contribution < -0.4 is 5.32 Å². The monoisotopic (exact) mass is 183 g/mol. The molecule has 1 aromatic rings. The van der Waals surface area contributed by atoms with Gasteiger partial charge in [0, 0.05) is 30.2 Å². The van der Waals surface area contributed by atoms with Gasteiger partial charge in [0.15, 0.2) is 0 Å². The molecule has 1 unspecified atom stereocenters. The first-order chi connectivity index (χ1) is 5.95. The van der Waals surface area contributed by atoms with E-state index in [1.807, 2.05) is 18.0 Å². The van der Waals surface area contributed by atoms with Crippen LogP contribution in [0.1, 0.15) is 12.1 Å². The van der Waals surface area contributed by atoms with Gasteiger partial charge in [-0.25, -0.2) is 4.98 Å². The number of nitrogens with one attached hydrogen (secondary N) is 2. The molecule has 2 rings (SSSR count). The zero-order chi connectivity index (χ0) is 8.23. The molecule has 0 amide bonds. The molecular weight excluding hydrogens is 170 g/mol. The van der Waals surface area contributed by atoms with Gasteiger partial charge in [0.25, 0.3) is 0 Å². The summed E-state index contributed by atoms with van der Waals surface area (Å²) in [5, 5.41) is 3.49. The fourth-order valence-corrected chi connectivity index (χ4v) is 2.52. The van der Waals surface area contributed by atoms with E-state index in [-0.39, 0.29) is 0 Å². The van der Waals surface area contributed by atoms with Gasteiger partial charge < -0.3 is 10.3 Å². The third-order valence-electron chi connectivity index (χ3n) is 2.07. The maximum atomic E-state index is 3.97. The van der Waals surface area contributed by atoms with Gasteiger partial charge in [0.1, 0.15) is 0 Å². The molecule has 0 aliphatic carbocycles. The Hall–Kier alpha value is -0.480. The third-order valence-corrected chi connectivity index (χ3v) is 3.23. The van der Waals surface area contributed by atoms with Crippen LogP contribution in [0.5, 0.6) is 0 Å². The summed E-state index contributed by atoms with van der Waals surface area (Å²) in [5.74, 6) is 2.56. The van der Waals surface area contributed by atoms with Crippen molar-refractivity contribution in [3.05, 3.63) is 18.2 Å². The zero-order valence-electron chi connectivity index (χ0n) is 6.92. The van der Waals surface area contributed by atoms with Gasteiger partial charge >= 0.3 is 0 Å². The Kier molecular flexibility index (Phi) is 2.68. The summed E-state index contributed by atoms with van der Waals surface area (Å²) in [6.07, 6.45) is 4.90. The molecule has 1 aliphatic rings. The zero-order valence-corrected chi connectivity index (χ0v) is 7.73. The molecule has 3 nitrogen and oxygen atoms in total. The van der Waals surface area contributed by atoms with Crippen LogP contribution in [-0.4, -0.2) is 27.5 Å². The minimum Gasteiger partial charge on any atom is -0.347 e. The Morgan fingerprint density at radius 1 is 1.75 bits per heavy atom. The van der Waals surface area contributed by atoms with Crippen molar-refractivity contribution in [2.24, 2.45) is 0 Å². The minimum atomic E-state index is 0.707. The molecule has 1 saturated heterocycles. The number of nitrogens with zero attached hydrogens (tertiary/aromatic N) is 1. The van der Waals surface area contributed by atoms with Gasteiger partial charge in [-0.05, 0) is 12.2 Å². The number of hydrogen-bond donors (Lipinski definition) is 2. The van der Waals surface area contributed by atoms with Gasteiger partial charge in [0.05, 0.1) is 6.33 Å². The van der Waals surface area contributed by atoms with Crippen LogP contribution in [0.3, 0.4) is 0 Å². The highest BCUT2D eigenvalue weighted by atomic mass is 32.2. The lowest BCUT2D eigenvalue weighted by atomic mass is 10.2. The highest BCUT2D eigenvalue weighted by molar-refractivity contribution is 7.99. The summed E-state index contributed by atoms with van der Waals surface area (Å²) < 4.78 is 0. The summed E-state index contributed by atoms with van der Waals surface area (Å²) in [6, 6.07) is 0.707. The van der Waals surface area contributed by atoms with Crippen molar-refractivity contribution in [1.82, 2.24) is 15.3 Å². The van der Waals surface area contributed by atoms with E-state index in [2.05, 4.69) is 15.3 Å². The molecule has 0 radical (unpaired) electrons. The molecule has 0 spiro atoms. The van der Waals surface area contributed by atoms with E-state index in [0.717, 1.165) is 6.54 Å². The van der Waals surface area contributed by atoms with E-state index in [1.165, 1.54) is 23.6 Å². The normalized spacial score (nSPS) is 23.2. The lowest BCUT2D eigenvalue weighted by Crippen LogP contribution is -2.28. The van der Waals surface area contributed by atoms with Crippen molar-refractivity contribution in [2.45, 2.75) is 19.0 Å². The average molecular weight is 183 g/mol. The summed E-state index contributed by atoms with van der Waals surface area (Å²) in [7, 11) is 0. The van der Waals surface area contributed by atoms with Crippen LogP contribution in [0.25, 0.3) is 0 Å². The molecule has 1 fully saturated rings. The quantitative estimate of drug-likeness (QED) is 0.734. The highest BCUT2D eigenvalue weighted by Gasteiger charge is 2.14. The van der Waals surface area contributed by atoms with Gasteiger partial charge in [0.2, 0.25) is 0 Å². The summed E-state index contributed by atoms with van der Waals surface area (Å²) in [4.78, 5) is 7.05. The largest absolute Gasteiger partial charge is 0.347 e. The molecule has 4 heteroatoms. The predicted octanol–water partition coefficient (Wildman–Crippen LogP) is 1.00. The summed E-state index contributed by atoms with van der Waals surface area (Å²) >= 11 is 2.03. The van der Waals surface area contributed by atoms with Crippen LogP contribution in [0.15, 0.2) is 12.5 Å². The number of imidazole rings is 1. The van der Waals surface area contributed by atoms with Crippen LogP contribution >= 0.6 is 11.8 Å². The first-order valence-corrected chi connectivity index (χ1v) is 5.39. The van der Waals surface area contributed by atoms with E-state index >= 15 is 0 Å². The van der Waals surface area contributed by atoms with Crippen LogP contribution in [0.2, 0.25) is 0 Å².